The summed E-state index contributed by atoms with van der Waals surface area (Å²) in [6.07, 6.45) is 2.50. The van der Waals surface area contributed by atoms with Crippen LogP contribution in [0.4, 0.5) is 5.69 Å². The molecule has 1 aromatic rings. The molecule has 0 spiro atoms. The Labute approximate surface area is 132 Å². The first kappa shape index (κ1) is 15.8. The van der Waals surface area contributed by atoms with Crippen molar-refractivity contribution in [3.63, 3.8) is 0 Å². The number of carbonyl (C=O) groups excluding carboxylic acids is 1. The molecule has 0 atom stereocenters. The van der Waals surface area contributed by atoms with Crippen molar-refractivity contribution in [1.29, 1.82) is 0 Å². The molecule has 114 valence electrons. The highest BCUT2D eigenvalue weighted by Crippen LogP contribution is 2.33. The van der Waals surface area contributed by atoms with Crippen molar-refractivity contribution in [2.45, 2.75) is 38.1 Å². The smallest absolute Gasteiger partial charge is 0.329 e. The zero-order valence-electron chi connectivity index (χ0n) is 11.9. The number of nitrogens with one attached hydrogen (secondary N) is 1. The fourth-order valence-corrected chi connectivity index (χ4v) is 3.08. The molecule has 0 aromatic heterocycles. The minimum absolute atomic E-state index is 0.356. The van der Waals surface area contributed by atoms with Crippen LogP contribution in [-0.4, -0.2) is 22.5 Å². The molecule has 0 unspecified atom stereocenters. The highest BCUT2D eigenvalue weighted by atomic mass is 79.9. The van der Waals surface area contributed by atoms with Gasteiger partial charge >= 0.3 is 5.97 Å². The van der Waals surface area contributed by atoms with Crippen molar-refractivity contribution in [2.75, 3.05) is 5.73 Å². The summed E-state index contributed by atoms with van der Waals surface area (Å²) >= 11 is 3.30. The van der Waals surface area contributed by atoms with Gasteiger partial charge in [-0.25, -0.2) is 4.79 Å². The first-order chi connectivity index (χ1) is 9.84. The Balaban J connectivity index is 2.23. The molecule has 21 heavy (non-hydrogen) atoms. The van der Waals surface area contributed by atoms with Crippen molar-refractivity contribution in [3.8, 4) is 0 Å². The van der Waals surface area contributed by atoms with Crippen LogP contribution in [-0.2, 0) is 4.79 Å². The number of anilines is 1. The molecule has 1 fully saturated rings. The number of hydrogen-bond acceptors (Lipinski definition) is 3. The number of halogens is 1. The molecule has 0 heterocycles. The molecule has 0 aliphatic heterocycles. The zero-order valence-corrected chi connectivity index (χ0v) is 13.4. The third-order valence-corrected chi connectivity index (χ3v) is 4.82. The molecule has 4 N–H and O–H groups in total. The topological polar surface area (TPSA) is 92.4 Å². The van der Waals surface area contributed by atoms with E-state index in [1.807, 2.05) is 0 Å². The lowest BCUT2D eigenvalue weighted by Crippen LogP contribution is -2.56. The minimum atomic E-state index is -1.17. The quantitative estimate of drug-likeness (QED) is 0.727. The first-order valence-electron chi connectivity index (χ1n) is 6.95. The molecule has 6 heteroatoms. The van der Waals surface area contributed by atoms with Gasteiger partial charge in [-0.2, -0.15) is 0 Å². The predicted molar refractivity (Wildman–Crippen MR) is 84.0 cm³/mol. The zero-order chi connectivity index (χ0) is 15.6. The largest absolute Gasteiger partial charge is 0.480 e. The van der Waals surface area contributed by atoms with Crippen LogP contribution in [0.3, 0.4) is 0 Å². The van der Waals surface area contributed by atoms with Gasteiger partial charge in [-0.1, -0.05) is 6.92 Å². The van der Waals surface area contributed by atoms with Crippen LogP contribution in [0.1, 0.15) is 43.0 Å². The Morgan fingerprint density at radius 1 is 1.38 bits per heavy atom. The minimum Gasteiger partial charge on any atom is -0.480 e. The fraction of sp³-hybridized carbons (Fsp3) is 0.467. The lowest BCUT2D eigenvalue weighted by atomic mass is 9.77. The lowest BCUT2D eigenvalue weighted by molar-refractivity contribution is -0.146. The van der Waals surface area contributed by atoms with E-state index < -0.39 is 17.4 Å². The Morgan fingerprint density at radius 3 is 2.57 bits per heavy atom. The number of rotatable bonds is 3. The molecule has 2 rings (SSSR count). The monoisotopic (exact) mass is 354 g/mol. The van der Waals surface area contributed by atoms with Crippen molar-refractivity contribution in [2.24, 2.45) is 5.92 Å². The molecule has 0 saturated heterocycles. The Morgan fingerprint density at radius 2 is 2.00 bits per heavy atom. The van der Waals surface area contributed by atoms with Crippen molar-refractivity contribution in [3.05, 3.63) is 28.2 Å². The van der Waals surface area contributed by atoms with Crippen molar-refractivity contribution < 1.29 is 14.7 Å². The van der Waals surface area contributed by atoms with Gasteiger partial charge in [0.25, 0.3) is 5.91 Å². The average molecular weight is 355 g/mol. The van der Waals surface area contributed by atoms with E-state index >= 15 is 0 Å². The number of carboxylic acids is 1. The van der Waals surface area contributed by atoms with E-state index in [1.165, 1.54) is 0 Å². The maximum Gasteiger partial charge on any atom is 0.329 e. The normalized spacial score (nSPS) is 25.3. The number of hydrogen-bond donors (Lipinski definition) is 3. The summed E-state index contributed by atoms with van der Waals surface area (Å²) in [6, 6.07) is 4.90. The second-order valence-electron chi connectivity index (χ2n) is 5.76. The maximum absolute atomic E-state index is 12.4. The van der Waals surface area contributed by atoms with Gasteiger partial charge in [0.05, 0.1) is 5.56 Å². The number of aliphatic carboxylic acids is 1. The molecular formula is C15H19BrN2O3. The summed E-state index contributed by atoms with van der Waals surface area (Å²) in [5.41, 5.74) is 5.34. The van der Waals surface area contributed by atoms with E-state index in [4.69, 9.17) is 5.73 Å². The van der Waals surface area contributed by atoms with E-state index in [0.29, 0.717) is 34.5 Å². The average Bonchev–Trinajstić information content (AvgIpc) is 2.44. The second kappa shape index (κ2) is 6.05. The number of carboxylic acid groups (broad SMARTS) is 1. The van der Waals surface area contributed by atoms with Gasteiger partial charge in [0, 0.05) is 10.2 Å². The van der Waals surface area contributed by atoms with Crippen LogP contribution in [0.5, 0.6) is 0 Å². The van der Waals surface area contributed by atoms with Crippen LogP contribution in [0, 0.1) is 5.92 Å². The molecule has 1 aromatic carbocycles. The second-order valence-corrected chi connectivity index (χ2v) is 6.62. The summed E-state index contributed by atoms with van der Waals surface area (Å²) in [5, 5.41) is 12.3. The molecule has 1 amide bonds. The Hall–Kier alpha value is -1.56. The van der Waals surface area contributed by atoms with E-state index in [0.717, 1.165) is 12.8 Å². The molecule has 1 saturated carbocycles. The third-order valence-electron chi connectivity index (χ3n) is 4.13. The highest BCUT2D eigenvalue weighted by Gasteiger charge is 2.42. The van der Waals surface area contributed by atoms with Crippen LogP contribution < -0.4 is 11.1 Å². The van der Waals surface area contributed by atoms with Gasteiger partial charge in [0.2, 0.25) is 0 Å². The Bertz CT molecular complexity index is 566. The lowest BCUT2D eigenvalue weighted by Gasteiger charge is -2.36. The van der Waals surface area contributed by atoms with Gasteiger partial charge in [0.15, 0.2) is 0 Å². The van der Waals surface area contributed by atoms with Gasteiger partial charge < -0.3 is 16.2 Å². The van der Waals surface area contributed by atoms with Crippen LogP contribution >= 0.6 is 15.9 Å². The van der Waals surface area contributed by atoms with Gasteiger partial charge in [-0.3, -0.25) is 4.79 Å². The maximum atomic E-state index is 12.4. The standard InChI is InChI=1S/C15H19BrN2O3/c1-9-4-6-15(7-5-9,14(20)21)18-13(19)11-8-10(17)2-3-12(11)16/h2-3,8-9H,4-7,17H2,1H3,(H,18,19)(H,20,21). The SMILES string of the molecule is CC1CCC(NC(=O)c2cc(N)ccc2Br)(C(=O)O)CC1. The van der Waals surface area contributed by atoms with Gasteiger partial charge in [0.1, 0.15) is 5.54 Å². The predicted octanol–water partition coefficient (Wildman–Crippen LogP) is 2.79. The number of amides is 1. The molecular weight excluding hydrogens is 336 g/mol. The molecule has 1 aliphatic rings. The molecule has 0 bridgehead atoms. The summed E-state index contributed by atoms with van der Waals surface area (Å²) < 4.78 is 0.596. The molecule has 0 radical (unpaired) electrons. The van der Waals surface area contributed by atoms with E-state index in [9.17, 15) is 14.7 Å². The van der Waals surface area contributed by atoms with Crippen molar-refractivity contribution in [1.82, 2.24) is 5.32 Å². The van der Waals surface area contributed by atoms with E-state index in [2.05, 4.69) is 28.2 Å². The third kappa shape index (κ3) is 3.37. The van der Waals surface area contributed by atoms with E-state index in [-0.39, 0.29) is 0 Å². The summed E-state index contributed by atoms with van der Waals surface area (Å²) in [5.74, 6) is -0.887. The number of nitrogen functional groups attached to an aromatic ring is 1. The molecule has 5 nitrogen and oxygen atoms in total. The number of benzene rings is 1. The highest BCUT2D eigenvalue weighted by molar-refractivity contribution is 9.10. The molecule has 1 aliphatic carbocycles. The fourth-order valence-electron chi connectivity index (χ4n) is 2.65. The van der Waals surface area contributed by atoms with E-state index in [1.54, 1.807) is 18.2 Å². The van der Waals surface area contributed by atoms with Crippen molar-refractivity contribution >= 4 is 33.5 Å². The van der Waals surface area contributed by atoms with Gasteiger partial charge in [-0.05, 0) is 65.7 Å². The summed E-state index contributed by atoms with van der Waals surface area (Å²) in [7, 11) is 0. The summed E-state index contributed by atoms with van der Waals surface area (Å²) in [6.45, 7) is 2.10. The number of carbonyl (C=O) groups is 2. The Kier molecular flexibility index (Phi) is 4.56. The van der Waals surface area contributed by atoms with Crippen LogP contribution in [0.2, 0.25) is 0 Å². The van der Waals surface area contributed by atoms with Crippen LogP contribution in [0.25, 0.3) is 0 Å². The van der Waals surface area contributed by atoms with Crippen LogP contribution in [0.15, 0.2) is 22.7 Å². The number of nitrogens with two attached hydrogens (primary N) is 1. The van der Waals surface area contributed by atoms with Gasteiger partial charge in [-0.15, -0.1) is 0 Å². The summed E-state index contributed by atoms with van der Waals surface area (Å²) in [4.78, 5) is 24.1. The first-order valence-corrected chi connectivity index (χ1v) is 7.74.